The minimum absolute atomic E-state index is 0.307. The van der Waals surface area contributed by atoms with E-state index in [4.69, 9.17) is 0 Å². The van der Waals surface area contributed by atoms with Crippen molar-refractivity contribution in [2.75, 3.05) is 0 Å². The smallest absolute Gasteiger partial charge is 0.0393 e. The van der Waals surface area contributed by atoms with Gasteiger partial charge in [-0.1, -0.05) is 58.2 Å². The molecule has 0 spiro atoms. The van der Waals surface area contributed by atoms with E-state index in [2.05, 4.69) is 27.7 Å². The van der Waals surface area contributed by atoms with Crippen LogP contribution in [0.3, 0.4) is 0 Å². The summed E-state index contributed by atoms with van der Waals surface area (Å²) >= 11 is 0. The van der Waals surface area contributed by atoms with Crippen LogP contribution in [0.15, 0.2) is 0 Å². The third kappa shape index (κ3) is 4.10. The van der Waals surface area contributed by atoms with E-state index in [-0.39, 0.29) is 8.80 Å². The summed E-state index contributed by atoms with van der Waals surface area (Å²) in [5, 5.41) is 0. The molecule has 0 aromatic rings. The van der Waals surface area contributed by atoms with E-state index >= 15 is 0 Å². The Morgan fingerprint density at radius 1 is 1.00 bits per heavy atom. The minimum atomic E-state index is -0.307. The maximum atomic E-state index is 2.40. The zero-order valence-electron chi connectivity index (χ0n) is 7.98. The number of hydrogen-bond acceptors (Lipinski definition) is 0. The first-order chi connectivity index (χ1) is 4.72. The van der Waals surface area contributed by atoms with Crippen molar-refractivity contribution >= 4 is 8.80 Å². The van der Waals surface area contributed by atoms with Crippen LogP contribution in [0, 0.1) is 0 Å². The molecule has 0 radical (unpaired) electrons. The summed E-state index contributed by atoms with van der Waals surface area (Å²) < 4.78 is 0. The lowest BCUT2D eigenvalue weighted by molar-refractivity contribution is 0.926. The minimum Gasteiger partial charge on any atom is -0.0657 e. The van der Waals surface area contributed by atoms with E-state index in [9.17, 15) is 0 Å². The summed E-state index contributed by atoms with van der Waals surface area (Å²) in [5.74, 6) is 0. The van der Waals surface area contributed by atoms with Gasteiger partial charge in [-0.05, 0) is 0 Å². The van der Waals surface area contributed by atoms with Crippen LogP contribution in [0.2, 0.25) is 17.6 Å². The van der Waals surface area contributed by atoms with Gasteiger partial charge < -0.3 is 0 Å². The van der Waals surface area contributed by atoms with Crippen molar-refractivity contribution in [2.24, 2.45) is 0 Å². The second-order valence-electron chi connectivity index (χ2n) is 3.58. The zero-order valence-corrected chi connectivity index (χ0v) is 9.14. The van der Waals surface area contributed by atoms with Crippen LogP contribution < -0.4 is 0 Å². The third-order valence-corrected chi connectivity index (χ3v) is 6.79. The van der Waals surface area contributed by atoms with Crippen LogP contribution in [-0.2, 0) is 0 Å². The Bertz CT molecular complexity index is 63.1. The highest BCUT2D eigenvalue weighted by atomic mass is 28.3. The van der Waals surface area contributed by atoms with Gasteiger partial charge in [0.1, 0.15) is 0 Å². The third-order valence-electron chi connectivity index (χ3n) is 2.26. The van der Waals surface area contributed by atoms with Gasteiger partial charge in [0.2, 0.25) is 0 Å². The normalized spacial score (nSPS) is 11.4. The Labute approximate surface area is 67.6 Å². The molecule has 0 nitrogen and oxygen atoms in total. The van der Waals surface area contributed by atoms with Gasteiger partial charge in [0.15, 0.2) is 0 Å². The molecule has 0 aromatic heterocycles. The Kier molecular flexibility index (Phi) is 6.09. The van der Waals surface area contributed by atoms with E-state index in [0.29, 0.717) is 0 Å². The quantitative estimate of drug-likeness (QED) is 0.538. The van der Waals surface area contributed by atoms with Gasteiger partial charge in [0.25, 0.3) is 0 Å². The number of hydrogen-bond donors (Lipinski definition) is 0. The Morgan fingerprint density at radius 3 is 1.60 bits per heavy atom. The topological polar surface area (TPSA) is 0 Å². The molecule has 1 heteroatoms. The summed E-state index contributed by atoms with van der Waals surface area (Å²) in [6.07, 6.45) is 2.82. The predicted molar refractivity (Wildman–Crippen MR) is 52.4 cm³/mol. The summed E-state index contributed by atoms with van der Waals surface area (Å²) in [6, 6.07) is 3.12. The average molecular weight is 158 g/mol. The van der Waals surface area contributed by atoms with Crippen molar-refractivity contribution in [3.05, 3.63) is 0 Å². The van der Waals surface area contributed by atoms with Crippen LogP contribution in [0.25, 0.3) is 0 Å². The van der Waals surface area contributed by atoms with Crippen molar-refractivity contribution in [3.8, 4) is 0 Å². The average Bonchev–Trinajstić information content (AvgIpc) is 1.87. The summed E-state index contributed by atoms with van der Waals surface area (Å²) in [6.45, 7) is 9.44. The molecular weight excluding hydrogens is 136 g/mol. The van der Waals surface area contributed by atoms with Crippen LogP contribution in [0.5, 0.6) is 0 Å². The molecule has 0 aliphatic carbocycles. The second-order valence-corrected chi connectivity index (χ2v) is 7.59. The molecule has 0 saturated heterocycles. The summed E-state index contributed by atoms with van der Waals surface area (Å²) in [4.78, 5) is 0. The monoisotopic (exact) mass is 158 g/mol. The SMILES string of the molecule is CCC[SiH](CCC)C(C)C. The number of rotatable bonds is 5. The molecule has 0 heterocycles. The molecule has 0 aromatic carbocycles. The molecular formula is C9H22Si. The zero-order chi connectivity index (χ0) is 7.98. The molecule has 10 heavy (non-hydrogen) atoms. The van der Waals surface area contributed by atoms with E-state index in [1.807, 2.05) is 0 Å². The molecule has 0 aliphatic rings. The van der Waals surface area contributed by atoms with Gasteiger partial charge in [-0.2, -0.15) is 0 Å². The fraction of sp³-hybridized carbons (Fsp3) is 1.00. The van der Waals surface area contributed by atoms with Crippen LogP contribution in [0.1, 0.15) is 40.5 Å². The maximum Gasteiger partial charge on any atom is 0.0393 e. The largest absolute Gasteiger partial charge is 0.0657 e. The van der Waals surface area contributed by atoms with Gasteiger partial charge in [-0.3, -0.25) is 0 Å². The molecule has 62 valence electrons. The van der Waals surface area contributed by atoms with Crippen molar-refractivity contribution < 1.29 is 0 Å². The second kappa shape index (κ2) is 5.96. The summed E-state index contributed by atoms with van der Waals surface area (Å²) in [5.41, 5.74) is 1.03. The Hall–Kier alpha value is 0.217. The van der Waals surface area contributed by atoms with Crippen molar-refractivity contribution in [1.29, 1.82) is 0 Å². The van der Waals surface area contributed by atoms with E-state index in [1.165, 1.54) is 12.8 Å². The lowest BCUT2D eigenvalue weighted by atomic mass is 10.5. The fourth-order valence-corrected chi connectivity index (χ4v) is 4.66. The first kappa shape index (κ1) is 10.2. The molecule has 0 aliphatic heterocycles. The molecule has 0 N–H and O–H groups in total. The lowest BCUT2D eigenvalue weighted by Gasteiger charge is -2.16. The standard InChI is InChI=1S/C9H22Si/c1-5-7-10(8-6-2)9(3)4/h9-10H,5-8H2,1-4H3. The fourth-order valence-electron chi connectivity index (χ4n) is 1.55. The van der Waals surface area contributed by atoms with E-state index in [1.54, 1.807) is 12.1 Å². The van der Waals surface area contributed by atoms with Crippen LogP contribution >= 0.6 is 0 Å². The highest BCUT2D eigenvalue weighted by Crippen LogP contribution is 2.18. The van der Waals surface area contributed by atoms with Crippen molar-refractivity contribution in [1.82, 2.24) is 0 Å². The first-order valence-electron chi connectivity index (χ1n) is 4.72. The Balaban J connectivity index is 3.50. The van der Waals surface area contributed by atoms with Crippen LogP contribution in [-0.4, -0.2) is 8.80 Å². The highest BCUT2D eigenvalue weighted by molar-refractivity contribution is 6.60. The maximum absolute atomic E-state index is 2.40. The molecule has 0 atom stereocenters. The van der Waals surface area contributed by atoms with Gasteiger partial charge >= 0.3 is 0 Å². The lowest BCUT2D eigenvalue weighted by Crippen LogP contribution is -2.15. The van der Waals surface area contributed by atoms with E-state index in [0.717, 1.165) is 5.54 Å². The van der Waals surface area contributed by atoms with Crippen LogP contribution in [0.4, 0.5) is 0 Å². The highest BCUT2D eigenvalue weighted by Gasteiger charge is 2.11. The Morgan fingerprint density at radius 2 is 1.40 bits per heavy atom. The molecule has 0 saturated carbocycles. The van der Waals surface area contributed by atoms with Crippen molar-refractivity contribution in [3.63, 3.8) is 0 Å². The molecule has 0 bridgehead atoms. The summed E-state index contributed by atoms with van der Waals surface area (Å²) in [7, 11) is -0.307. The van der Waals surface area contributed by atoms with E-state index < -0.39 is 0 Å². The van der Waals surface area contributed by atoms with Gasteiger partial charge in [-0.25, -0.2) is 0 Å². The van der Waals surface area contributed by atoms with Gasteiger partial charge in [0, 0.05) is 8.80 Å². The predicted octanol–water partition coefficient (Wildman–Crippen LogP) is 3.44. The molecule has 0 unspecified atom stereocenters. The first-order valence-corrected chi connectivity index (χ1v) is 7.02. The molecule has 0 rings (SSSR count). The van der Waals surface area contributed by atoms with Gasteiger partial charge in [-0.15, -0.1) is 0 Å². The van der Waals surface area contributed by atoms with Gasteiger partial charge in [0.05, 0.1) is 0 Å². The molecule has 0 fully saturated rings. The van der Waals surface area contributed by atoms with Crippen molar-refractivity contribution in [2.45, 2.75) is 58.2 Å². The molecule has 0 amide bonds.